The van der Waals surface area contributed by atoms with Crippen LogP contribution in [0.3, 0.4) is 0 Å². The Morgan fingerprint density at radius 2 is 1.68 bits per heavy atom. The number of carbonyl (C=O) groups excluding carboxylic acids is 2. The van der Waals surface area contributed by atoms with Gasteiger partial charge < -0.3 is 11.1 Å². The van der Waals surface area contributed by atoms with Gasteiger partial charge in [-0.3, -0.25) is 9.59 Å². The number of nitrogens with two attached hydrogens (primary N) is 1. The third-order valence-electron chi connectivity index (χ3n) is 3.32. The highest BCUT2D eigenvalue weighted by atomic mass is 32.2. The zero-order chi connectivity index (χ0) is 17.6. The van der Waals surface area contributed by atoms with E-state index < -0.39 is 11.2 Å². The van der Waals surface area contributed by atoms with Crippen LogP contribution >= 0.6 is 23.1 Å². The first kappa shape index (κ1) is 17.2. The molecule has 0 radical (unpaired) electrons. The molecule has 0 spiro atoms. The second kappa shape index (κ2) is 7.96. The van der Waals surface area contributed by atoms with Crippen LogP contribution in [0.4, 0.5) is 5.13 Å². The van der Waals surface area contributed by atoms with Crippen molar-refractivity contribution in [2.24, 2.45) is 5.73 Å². The topological polar surface area (TPSA) is 85.1 Å². The molecule has 3 N–H and O–H groups in total. The number of thioether (sulfide) groups is 1. The predicted octanol–water partition coefficient (Wildman–Crippen LogP) is 3.71. The molecular weight excluding hydrogens is 354 g/mol. The van der Waals surface area contributed by atoms with E-state index >= 15 is 0 Å². The molecule has 0 saturated carbocycles. The minimum Gasteiger partial charge on any atom is -0.364 e. The second-order valence-corrected chi connectivity index (χ2v) is 7.15. The number of benzene rings is 2. The number of amides is 2. The molecule has 126 valence electrons. The molecule has 0 aliphatic heterocycles. The first-order valence-electron chi connectivity index (χ1n) is 7.46. The van der Waals surface area contributed by atoms with Crippen LogP contribution in [0.5, 0.6) is 0 Å². The van der Waals surface area contributed by atoms with E-state index in [1.165, 1.54) is 28.5 Å². The predicted molar refractivity (Wildman–Crippen MR) is 101 cm³/mol. The van der Waals surface area contributed by atoms with Gasteiger partial charge in [0.1, 0.15) is 10.9 Å². The summed E-state index contributed by atoms with van der Waals surface area (Å²) < 4.78 is 0. The quantitative estimate of drug-likeness (QED) is 0.649. The summed E-state index contributed by atoms with van der Waals surface area (Å²) in [5, 5.41) is 4.22. The number of hydrogen-bond acceptors (Lipinski definition) is 5. The van der Waals surface area contributed by atoms with E-state index in [2.05, 4.69) is 10.3 Å². The molecule has 0 fully saturated rings. The molecule has 3 rings (SSSR count). The van der Waals surface area contributed by atoms with Gasteiger partial charge in [0.15, 0.2) is 5.13 Å². The molecule has 5 nitrogen and oxygen atoms in total. The molecule has 0 aliphatic carbocycles. The van der Waals surface area contributed by atoms with Gasteiger partial charge in [0, 0.05) is 10.3 Å². The SMILES string of the molecule is NC(=O)c1csc(NC(=O)C(Sc2ccccc2)c2ccccc2)n1. The number of thiazole rings is 1. The monoisotopic (exact) mass is 369 g/mol. The van der Waals surface area contributed by atoms with Gasteiger partial charge in [-0.15, -0.1) is 23.1 Å². The largest absolute Gasteiger partial charge is 0.364 e. The van der Waals surface area contributed by atoms with Crippen LogP contribution in [0, 0.1) is 0 Å². The molecule has 3 aromatic rings. The number of anilines is 1. The van der Waals surface area contributed by atoms with Crippen LogP contribution in [0.1, 0.15) is 21.3 Å². The third-order valence-corrected chi connectivity index (χ3v) is 5.35. The van der Waals surface area contributed by atoms with Crippen molar-refractivity contribution < 1.29 is 9.59 Å². The fraction of sp³-hybridized carbons (Fsp3) is 0.0556. The zero-order valence-electron chi connectivity index (χ0n) is 13.1. The van der Waals surface area contributed by atoms with Crippen LogP contribution in [-0.2, 0) is 4.79 Å². The lowest BCUT2D eigenvalue weighted by Gasteiger charge is -2.16. The molecule has 2 amide bonds. The molecular formula is C18H15N3O2S2. The molecule has 25 heavy (non-hydrogen) atoms. The summed E-state index contributed by atoms with van der Waals surface area (Å²) in [5.41, 5.74) is 6.23. The lowest BCUT2D eigenvalue weighted by atomic mass is 10.1. The molecule has 1 atom stereocenters. The fourth-order valence-corrected chi connectivity index (χ4v) is 3.90. The summed E-state index contributed by atoms with van der Waals surface area (Å²) in [4.78, 5) is 29.0. The van der Waals surface area contributed by atoms with E-state index in [0.717, 1.165) is 10.5 Å². The lowest BCUT2D eigenvalue weighted by Crippen LogP contribution is -2.19. The van der Waals surface area contributed by atoms with Gasteiger partial charge in [-0.25, -0.2) is 4.98 Å². The highest BCUT2D eigenvalue weighted by molar-refractivity contribution is 8.00. The summed E-state index contributed by atoms with van der Waals surface area (Å²) in [6.07, 6.45) is 0. The summed E-state index contributed by atoms with van der Waals surface area (Å²) in [7, 11) is 0. The highest BCUT2D eigenvalue weighted by Crippen LogP contribution is 2.36. The maximum absolute atomic E-state index is 12.8. The Hall–Kier alpha value is -2.64. The minimum atomic E-state index is -0.616. The van der Waals surface area contributed by atoms with Crippen LogP contribution in [0.2, 0.25) is 0 Å². The van der Waals surface area contributed by atoms with Crippen molar-refractivity contribution in [3.8, 4) is 0 Å². The standard InChI is InChI=1S/C18H15N3O2S2/c19-16(22)14-11-24-18(20-14)21-17(23)15(12-7-3-1-4-8-12)25-13-9-5-2-6-10-13/h1-11,15H,(H2,19,22)(H,20,21,23). The number of aromatic nitrogens is 1. The third kappa shape index (κ3) is 4.46. The number of nitrogens with zero attached hydrogens (tertiary/aromatic N) is 1. The number of primary amides is 1. The normalized spacial score (nSPS) is 11.7. The average Bonchev–Trinajstić information content (AvgIpc) is 3.10. The van der Waals surface area contributed by atoms with E-state index in [-0.39, 0.29) is 11.6 Å². The zero-order valence-corrected chi connectivity index (χ0v) is 14.7. The van der Waals surface area contributed by atoms with Gasteiger partial charge in [0.2, 0.25) is 5.91 Å². The van der Waals surface area contributed by atoms with Crippen molar-refractivity contribution in [1.82, 2.24) is 4.98 Å². The van der Waals surface area contributed by atoms with E-state index in [1.807, 2.05) is 60.7 Å². The Kier molecular flexibility index (Phi) is 5.47. The van der Waals surface area contributed by atoms with Gasteiger partial charge in [0.05, 0.1) is 0 Å². The summed E-state index contributed by atoms with van der Waals surface area (Å²) in [5.74, 6) is -0.819. The van der Waals surface area contributed by atoms with Crippen molar-refractivity contribution in [2.45, 2.75) is 10.1 Å². The Morgan fingerprint density at radius 1 is 1.04 bits per heavy atom. The Morgan fingerprint density at radius 3 is 2.28 bits per heavy atom. The molecule has 2 aromatic carbocycles. The number of rotatable bonds is 6. The van der Waals surface area contributed by atoms with Crippen LogP contribution in [0.15, 0.2) is 70.9 Å². The van der Waals surface area contributed by atoms with Gasteiger partial charge in [0.25, 0.3) is 5.91 Å². The van der Waals surface area contributed by atoms with Crippen molar-refractivity contribution in [3.05, 3.63) is 77.3 Å². The average molecular weight is 369 g/mol. The van der Waals surface area contributed by atoms with Gasteiger partial charge in [-0.05, 0) is 17.7 Å². The molecule has 0 aliphatic rings. The van der Waals surface area contributed by atoms with Gasteiger partial charge in [-0.2, -0.15) is 0 Å². The van der Waals surface area contributed by atoms with E-state index in [1.54, 1.807) is 0 Å². The second-order valence-electron chi connectivity index (χ2n) is 5.11. The fourth-order valence-electron chi connectivity index (χ4n) is 2.15. The van der Waals surface area contributed by atoms with E-state index in [9.17, 15) is 9.59 Å². The van der Waals surface area contributed by atoms with Crippen LogP contribution in [0.25, 0.3) is 0 Å². The first-order chi connectivity index (χ1) is 12.1. The molecule has 0 bridgehead atoms. The highest BCUT2D eigenvalue weighted by Gasteiger charge is 2.23. The Balaban J connectivity index is 1.82. The lowest BCUT2D eigenvalue weighted by molar-refractivity contribution is -0.115. The van der Waals surface area contributed by atoms with Crippen LogP contribution < -0.4 is 11.1 Å². The van der Waals surface area contributed by atoms with Gasteiger partial charge >= 0.3 is 0 Å². The molecule has 1 heterocycles. The summed E-state index contributed by atoms with van der Waals surface area (Å²) in [6.45, 7) is 0. The molecule has 1 unspecified atom stereocenters. The van der Waals surface area contributed by atoms with E-state index in [4.69, 9.17) is 5.73 Å². The maximum Gasteiger partial charge on any atom is 0.268 e. The van der Waals surface area contributed by atoms with Crippen LogP contribution in [-0.4, -0.2) is 16.8 Å². The molecule has 0 saturated heterocycles. The Labute approximate surface area is 153 Å². The number of hydrogen-bond donors (Lipinski definition) is 2. The number of carbonyl (C=O) groups is 2. The summed E-state index contributed by atoms with van der Waals surface area (Å²) in [6, 6.07) is 19.3. The van der Waals surface area contributed by atoms with Crippen molar-refractivity contribution in [3.63, 3.8) is 0 Å². The van der Waals surface area contributed by atoms with Crippen molar-refractivity contribution in [2.75, 3.05) is 5.32 Å². The summed E-state index contributed by atoms with van der Waals surface area (Å²) >= 11 is 2.63. The first-order valence-corrected chi connectivity index (χ1v) is 9.22. The minimum absolute atomic E-state index is 0.146. The molecule has 7 heteroatoms. The van der Waals surface area contributed by atoms with Gasteiger partial charge in [-0.1, -0.05) is 48.5 Å². The smallest absolute Gasteiger partial charge is 0.268 e. The maximum atomic E-state index is 12.8. The van der Waals surface area contributed by atoms with E-state index in [0.29, 0.717) is 5.13 Å². The van der Waals surface area contributed by atoms with Crippen molar-refractivity contribution in [1.29, 1.82) is 0 Å². The molecule has 1 aromatic heterocycles. The van der Waals surface area contributed by atoms with Crippen molar-refractivity contribution >= 4 is 40.0 Å². The Bertz CT molecular complexity index is 866. The number of nitrogens with one attached hydrogen (secondary N) is 1.